The van der Waals surface area contributed by atoms with E-state index in [1.807, 2.05) is 0 Å². The summed E-state index contributed by atoms with van der Waals surface area (Å²) in [6.45, 7) is 16.6. The zero-order chi connectivity index (χ0) is 26.0. The standard InChI is InChI=1S/C34H56O3/c1-7-24(8-2)14-18-35-26-12-15-32(5)25(19-26)9-10-27-28(32)13-16-33(6)29(27)20-30-31(33)23(4)34(37-30)17-11-22(3)21-36-34/h9,22-24,26-31H,7-8,10-21H2,1-6H3/t22-,23+,26?,27?,28?,29?,30?,31+,32+,33+,34-/m1/s1. The Morgan fingerprint density at radius 3 is 2.57 bits per heavy atom. The van der Waals surface area contributed by atoms with Crippen molar-refractivity contribution in [3.8, 4) is 0 Å². The first-order valence-electron chi connectivity index (χ1n) is 16.4. The second-order valence-corrected chi connectivity index (χ2v) is 15.0. The van der Waals surface area contributed by atoms with Gasteiger partial charge in [-0.05, 0) is 104 Å². The van der Waals surface area contributed by atoms with Crippen LogP contribution in [0.15, 0.2) is 11.6 Å². The number of fused-ring (bicyclic) bond motifs is 7. The molecule has 0 N–H and O–H groups in total. The quantitative estimate of drug-likeness (QED) is 0.334. The lowest BCUT2D eigenvalue weighted by atomic mass is 9.47. The first-order chi connectivity index (χ1) is 17.7. The van der Waals surface area contributed by atoms with E-state index in [1.54, 1.807) is 5.57 Å². The monoisotopic (exact) mass is 512 g/mol. The van der Waals surface area contributed by atoms with Gasteiger partial charge in [0.25, 0.3) is 0 Å². The van der Waals surface area contributed by atoms with E-state index in [0.29, 0.717) is 40.8 Å². The summed E-state index contributed by atoms with van der Waals surface area (Å²) in [5.74, 6) is 4.92. The van der Waals surface area contributed by atoms with E-state index in [0.717, 1.165) is 43.3 Å². The minimum absolute atomic E-state index is 0.287. The van der Waals surface area contributed by atoms with E-state index < -0.39 is 0 Å². The van der Waals surface area contributed by atoms with Crippen molar-refractivity contribution in [1.82, 2.24) is 0 Å². The Labute approximate surface area is 227 Å². The Kier molecular flexibility index (Phi) is 7.19. The molecule has 0 radical (unpaired) electrons. The largest absolute Gasteiger partial charge is 0.378 e. The third-order valence-electron chi connectivity index (χ3n) is 13.4. The maximum absolute atomic E-state index is 6.97. The highest BCUT2D eigenvalue weighted by atomic mass is 16.7. The van der Waals surface area contributed by atoms with Crippen molar-refractivity contribution in [2.45, 2.75) is 137 Å². The van der Waals surface area contributed by atoms with Gasteiger partial charge in [0.2, 0.25) is 0 Å². The van der Waals surface area contributed by atoms with Crippen LogP contribution in [0.5, 0.6) is 0 Å². The van der Waals surface area contributed by atoms with E-state index in [2.05, 4.69) is 47.6 Å². The smallest absolute Gasteiger partial charge is 0.171 e. The van der Waals surface area contributed by atoms with Gasteiger partial charge in [-0.2, -0.15) is 0 Å². The van der Waals surface area contributed by atoms with Crippen LogP contribution in [0, 0.1) is 52.3 Å². The molecule has 4 aliphatic carbocycles. The van der Waals surface area contributed by atoms with Crippen LogP contribution in [0.2, 0.25) is 0 Å². The van der Waals surface area contributed by atoms with Crippen LogP contribution in [0.3, 0.4) is 0 Å². The fourth-order valence-corrected chi connectivity index (χ4v) is 10.9. The maximum Gasteiger partial charge on any atom is 0.171 e. The van der Waals surface area contributed by atoms with E-state index in [9.17, 15) is 0 Å². The molecule has 5 fully saturated rings. The topological polar surface area (TPSA) is 27.7 Å². The lowest BCUT2D eigenvalue weighted by molar-refractivity contribution is -0.272. The summed E-state index contributed by atoms with van der Waals surface area (Å²) in [7, 11) is 0. The number of hydrogen-bond acceptors (Lipinski definition) is 3. The van der Waals surface area contributed by atoms with Crippen molar-refractivity contribution in [3.05, 3.63) is 11.6 Å². The molecule has 3 nitrogen and oxygen atoms in total. The predicted octanol–water partition coefficient (Wildman–Crippen LogP) is 8.56. The molecule has 2 aliphatic heterocycles. The highest BCUT2D eigenvalue weighted by Gasteiger charge is 2.68. The van der Waals surface area contributed by atoms with Gasteiger partial charge in [0, 0.05) is 18.9 Å². The predicted molar refractivity (Wildman–Crippen MR) is 150 cm³/mol. The van der Waals surface area contributed by atoms with Gasteiger partial charge < -0.3 is 14.2 Å². The lowest BCUT2D eigenvalue weighted by Gasteiger charge is -2.58. The van der Waals surface area contributed by atoms with Crippen molar-refractivity contribution in [2.24, 2.45) is 52.3 Å². The Balaban J connectivity index is 1.14. The second kappa shape index (κ2) is 9.91. The summed E-state index contributed by atoms with van der Waals surface area (Å²) in [4.78, 5) is 0. The summed E-state index contributed by atoms with van der Waals surface area (Å²) in [5, 5.41) is 0. The third kappa shape index (κ3) is 4.22. The minimum Gasteiger partial charge on any atom is -0.378 e. The highest BCUT2D eigenvalue weighted by molar-refractivity contribution is 5.26. The molecule has 3 heteroatoms. The SMILES string of the molecule is CCC(CC)CCOC1CC[C@@]2(C)C(=CCC3C2CC[C@@]2(C)C3CC3O[C@]4(CC[C@@H](C)CO4)[C@@H](C)[C@@H]32)C1. The van der Waals surface area contributed by atoms with Gasteiger partial charge in [0.15, 0.2) is 5.79 Å². The first-order valence-corrected chi connectivity index (χ1v) is 16.4. The fourth-order valence-electron chi connectivity index (χ4n) is 10.9. The van der Waals surface area contributed by atoms with E-state index >= 15 is 0 Å². The number of ether oxygens (including phenoxy) is 3. The molecule has 0 bridgehead atoms. The van der Waals surface area contributed by atoms with Crippen molar-refractivity contribution in [2.75, 3.05) is 13.2 Å². The van der Waals surface area contributed by atoms with Crippen molar-refractivity contribution >= 4 is 0 Å². The molecular formula is C34H56O3. The van der Waals surface area contributed by atoms with E-state index in [1.165, 1.54) is 70.6 Å². The molecule has 5 unspecified atom stereocenters. The molecular weight excluding hydrogens is 456 g/mol. The van der Waals surface area contributed by atoms with Gasteiger partial charge in [-0.1, -0.05) is 66.0 Å². The molecule has 2 heterocycles. The van der Waals surface area contributed by atoms with Crippen LogP contribution in [0.4, 0.5) is 0 Å². The summed E-state index contributed by atoms with van der Waals surface area (Å²) in [5.41, 5.74) is 2.56. The van der Waals surface area contributed by atoms with E-state index in [-0.39, 0.29) is 5.79 Å². The number of hydrogen-bond donors (Lipinski definition) is 0. The molecule has 0 aromatic carbocycles. The molecule has 6 rings (SSSR count). The van der Waals surface area contributed by atoms with Gasteiger partial charge >= 0.3 is 0 Å². The number of allylic oxidation sites excluding steroid dienone is 1. The Hall–Kier alpha value is -0.380. The summed E-state index contributed by atoms with van der Waals surface area (Å²) in [6, 6.07) is 0. The number of rotatable bonds is 6. The Morgan fingerprint density at radius 2 is 1.84 bits per heavy atom. The Bertz CT molecular complexity index is 853. The second-order valence-electron chi connectivity index (χ2n) is 15.0. The molecule has 2 saturated heterocycles. The molecule has 0 aromatic heterocycles. The summed E-state index contributed by atoms with van der Waals surface area (Å²) >= 11 is 0. The minimum atomic E-state index is -0.287. The molecule has 0 aromatic rings. The van der Waals surface area contributed by atoms with Gasteiger partial charge in [0.1, 0.15) is 0 Å². The Morgan fingerprint density at radius 1 is 1.03 bits per heavy atom. The lowest BCUT2D eigenvalue weighted by Crippen LogP contribution is -2.52. The summed E-state index contributed by atoms with van der Waals surface area (Å²) in [6.07, 6.45) is 18.9. The van der Waals surface area contributed by atoms with Crippen LogP contribution in [0.25, 0.3) is 0 Å². The normalized spacial score (nSPS) is 50.9. The molecule has 3 saturated carbocycles. The average molecular weight is 513 g/mol. The molecule has 210 valence electrons. The zero-order valence-electron chi connectivity index (χ0n) is 24.9. The van der Waals surface area contributed by atoms with Crippen molar-refractivity contribution in [3.63, 3.8) is 0 Å². The summed E-state index contributed by atoms with van der Waals surface area (Å²) < 4.78 is 20.0. The third-order valence-corrected chi connectivity index (χ3v) is 13.4. The van der Waals surface area contributed by atoms with Gasteiger partial charge in [0.05, 0.1) is 18.8 Å². The highest BCUT2D eigenvalue weighted by Crippen LogP contribution is 2.70. The first kappa shape index (κ1) is 26.8. The van der Waals surface area contributed by atoms with Crippen LogP contribution in [-0.2, 0) is 14.2 Å². The zero-order valence-corrected chi connectivity index (χ0v) is 24.9. The van der Waals surface area contributed by atoms with Crippen LogP contribution < -0.4 is 0 Å². The molecule has 1 spiro atoms. The van der Waals surface area contributed by atoms with Crippen LogP contribution >= 0.6 is 0 Å². The average Bonchev–Trinajstić information content (AvgIpc) is 3.34. The molecule has 6 aliphatic rings. The molecule has 11 atom stereocenters. The molecule has 37 heavy (non-hydrogen) atoms. The van der Waals surface area contributed by atoms with Crippen LogP contribution in [-0.4, -0.2) is 31.2 Å². The maximum atomic E-state index is 6.97. The van der Waals surface area contributed by atoms with E-state index in [4.69, 9.17) is 14.2 Å². The van der Waals surface area contributed by atoms with Gasteiger partial charge in [-0.15, -0.1) is 0 Å². The fraction of sp³-hybridized carbons (Fsp3) is 0.941. The van der Waals surface area contributed by atoms with Gasteiger partial charge in [-0.25, -0.2) is 0 Å². The van der Waals surface area contributed by atoms with Crippen molar-refractivity contribution in [1.29, 1.82) is 0 Å². The van der Waals surface area contributed by atoms with Crippen molar-refractivity contribution < 1.29 is 14.2 Å². The molecule has 0 amide bonds. The van der Waals surface area contributed by atoms with Crippen LogP contribution in [0.1, 0.15) is 119 Å². The van der Waals surface area contributed by atoms with Gasteiger partial charge in [-0.3, -0.25) is 0 Å².